The molecule has 1 amide bonds. The molecule has 0 radical (unpaired) electrons. The van der Waals surface area contributed by atoms with E-state index >= 15 is 0 Å². The van der Waals surface area contributed by atoms with E-state index in [1.807, 2.05) is 48.5 Å². The van der Waals surface area contributed by atoms with E-state index in [1.54, 1.807) is 16.7 Å². The lowest BCUT2D eigenvalue weighted by atomic mass is 10.1. The number of anilines is 1. The number of aromatic nitrogens is 3. The maximum absolute atomic E-state index is 12.9. The van der Waals surface area contributed by atoms with Crippen molar-refractivity contribution in [2.45, 2.75) is 51.4 Å². The van der Waals surface area contributed by atoms with Crippen molar-refractivity contribution in [2.24, 2.45) is 0 Å². The van der Waals surface area contributed by atoms with Gasteiger partial charge in [-0.05, 0) is 43.2 Å². The lowest BCUT2D eigenvalue weighted by Gasteiger charge is -2.30. The summed E-state index contributed by atoms with van der Waals surface area (Å²) in [6, 6.07) is 15.3. The first-order valence-corrected chi connectivity index (χ1v) is 12.3. The predicted octanol–water partition coefficient (Wildman–Crippen LogP) is 5.66. The van der Waals surface area contributed by atoms with E-state index in [0.717, 1.165) is 41.9 Å². The minimum atomic E-state index is -0.699. The number of rotatable bonds is 8. The molecule has 2 heterocycles. The van der Waals surface area contributed by atoms with Crippen molar-refractivity contribution in [2.75, 3.05) is 17.3 Å². The van der Waals surface area contributed by atoms with Crippen LogP contribution in [0.5, 0.6) is 11.6 Å². The minimum absolute atomic E-state index is 0.142. The summed E-state index contributed by atoms with van der Waals surface area (Å²) in [5, 5.41) is 9.33. The molecule has 7 nitrogen and oxygen atoms in total. The first-order valence-electron chi connectivity index (χ1n) is 11.3. The van der Waals surface area contributed by atoms with E-state index in [2.05, 4.69) is 29.0 Å². The lowest BCUT2D eigenvalue weighted by molar-refractivity contribution is -0.118. The Morgan fingerprint density at radius 3 is 2.61 bits per heavy atom. The SMILES string of the molecule is CCCCSc1nnc2c(n1)O[C@@H](c1ccc(OCCC)cc1)N(C(C)=O)c1ccccc1-2. The van der Waals surface area contributed by atoms with Crippen LogP contribution in [0.15, 0.2) is 53.7 Å². The monoisotopic (exact) mass is 464 g/mol. The molecule has 3 aromatic rings. The zero-order valence-electron chi connectivity index (χ0n) is 19.2. The van der Waals surface area contributed by atoms with E-state index in [4.69, 9.17) is 9.47 Å². The van der Waals surface area contributed by atoms with Gasteiger partial charge in [0.2, 0.25) is 23.2 Å². The van der Waals surface area contributed by atoms with Gasteiger partial charge < -0.3 is 9.47 Å². The summed E-state index contributed by atoms with van der Waals surface area (Å²) >= 11 is 1.56. The van der Waals surface area contributed by atoms with Crippen LogP contribution in [-0.2, 0) is 4.79 Å². The highest BCUT2D eigenvalue weighted by atomic mass is 32.2. The number of para-hydroxylation sites is 1. The first kappa shape index (κ1) is 23.0. The second kappa shape index (κ2) is 10.7. The van der Waals surface area contributed by atoms with Crippen molar-refractivity contribution in [3.63, 3.8) is 0 Å². The molecule has 4 rings (SSSR count). The van der Waals surface area contributed by atoms with Crippen LogP contribution in [0.25, 0.3) is 11.3 Å². The number of hydrogen-bond donors (Lipinski definition) is 0. The number of fused-ring (bicyclic) bond motifs is 3. The number of thioether (sulfide) groups is 1. The van der Waals surface area contributed by atoms with E-state index < -0.39 is 6.23 Å². The van der Waals surface area contributed by atoms with Crippen LogP contribution in [0.3, 0.4) is 0 Å². The Balaban J connectivity index is 1.77. The van der Waals surface area contributed by atoms with Gasteiger partial charge in [-0.2, -0.15) is 4.98 Å². The van der Waals surface area contributed by atoms with Gasteiger partial charge in [0.15, 0.2) is 5.69 Å². The summed E-state index contributed by atoms with van der Waals surface area (Å²) in [5.74, 6) is 1.92. The normalized spacial score (nSPS) is 14.6. The van der Waals surface area contributed by atoms with Crippen molar-refractivity contribution < 1.29 is 14.3 Å². The standard InChI is InChI=1S/C25H28N4O3S/c1-4-6-16-33-25-26-23-22(27-28-25)20-9-7-8-10-21(20)29(17(3)30)24(32-23)18-11-13-19(14-12-18)31-15-5-2/h7-14,24H,4-6,15-16H2,1-3H3/t24-/m0/s1. The largest absolute Gasteiger partial charge is 0.494 e. The van der Waals surface area contributed by atoms with Gasteiger partial charge in [0.05, 0.1) is 12.3 Å². The molecule has 1 atom stereocenters. The zero-order chi connectivity index (χ0) is 23.2. The second-order valence-corrected chi connectivity index (χ2v) is 8.81. The quantitative estimate of drug-likeness (QED) is 0.314. The highest BCUT2D eigenvalue weighted by molar-refractivity contribution is 7.99. The number of carbonyl (C=O) groups excluding carboxylic acids is 1. The predicted molar refractivity (Wildman–Crippen MR) is 130 cm³/mol. The van der Waals surface area contributed by atoms with Crippen LogP contribution in [0, 0.1) is 0 Å². The van der Waals surface area contributed by atoms with E-state index in [1.165, 1.54) is 6.92 Å². The first-order chi connectivity index (χ1) is 16.1. The molecule has 2 aromatic carbocycles. The Kier molecular flexibility index (Phi) is 7.44. The van der Waals surface area contributed by atoms with Crippen LogP contribution >= 0.6 is 11.8 Å². The van der Waals surface area contributed by atoms with Crippen LogP contribution in [0.4, 0.5) is 5.69 Å². The number of amides is 1. The Labute approximate surface area is 198 Å². The zero-order valence-corrected chi connectivity index (χ0v) is 20.0. The summed E-state index contributed by atoms with van der Waals surface area (Å²) in [5.41, 5.74) is 2.82. The topological polar surface area (TPSA) is 77.4 Å². The Morgan fingerprint density at radius 1 is 1.09 bits per heavy atom. The summed E-state index contributed by atoms with van der Waals surface area (Å²) in [6.07, 6.45) is 2.41. The molecular weight excluding hydrogens is 436 g/mol. The van der Waals surface area contributed by atoms with Gasteiger partial charge in [-0.3, -0.25) is 9.69 Å². The second-order valence-electron chi connectivity index (χ2n) is 7.74. The van der Waals surface area contributed by atoms with Crippen molar-refractivity contribution in [3.05, 3.63) is 54.1 Å². The van der Waals surface area contributed by atoms with Crippen LogP contribution in [0.1, 0.15) is 51.8 Å². The molecular formula is C25H28N4O3S. The third kappa shape index (κ3) is 5.11. The number of hydrogen-bond acceptors (Lipinski definition) is 7. The van der Waals surface area contributed by atoms with Gasteiger partial charge in [0.25, 0.3) is 0 Å². The fourth-order valence-electron chi connectivity index (χ4n) is 3.59. The average molecular weight is 465 g/mol. The molecule has 0 aliphatic carbocycles. The number of benzene rings is 2. The molecule has 172 valence electrons. The van der Waals surface area contributed by atoms with E-state index in [0.29, 0.717) is 29.0 Å². The third-order valence-corrected chi connectivity index (χ3v) is 6.14. The van der Waals surface area contributed by atoms with Crippen molar-refractivity contribution >= 4 is 23.4 Å². The molecule has 0 fully saturated rings. The molecule has 1 aliphatic rings. The number of unbranched alkanes of at least 4 members (excludes halogenated alkanes) is 1. The molecule has 1 aliphatic heterocycles. The molecule has 1 aromatic heterocycles. The van der Waals surface area contributed by atoms with Gasteiger partial charge in [-0.1, -0.05) is 50.2 Å². The summed E-state index contributed by atoms with van der Waals surface area (Å²) < 4.78 is 12.1. The van der Waals surface area contributed by atoms with Crippen molar-refractivity contribution in [3.8, 4) is 22.9 Å². The van der Waals surface area contributed by atoms with Crippen molar-refractivity contribution in [1.82, 2.24) is 15.2 Å². The van der Waals surface area contributed by atoms with Gasteiger partial charge in [0, 0.05) is 23.8 Å². The van der Waals surface area contributed by atoms with Crippen LogP contribution in [0.2, 0.25) is 0 Å². The maximum atomic E-state index is 12.9. The van der Waals surface area contributed by atoms with Crippen molar-refractivity contribution in [1.29, 1.82) is 0 Å². The summed E-state index contributed by atoms with van der Waals surface area (Å²) in [4.78, 5) is 19.2. The Morgan fingerprint density at radius 2 is 1.88 bits per heavy atom. The van der Waals surface area contributed by atoms with E-state index in [9.17, 15) is 4.79 Å². The number of carbonyl (C=O) groups is 1. The summed E-state index contributed by atoms with van der Waals surface area (Å²) in [7, 11) is 0. The highest BCUT2D eigenvalue weighted by Crippen LogP contribution is 2.43. The highest BCUT2D eigenvalue weighted by Gasteiger charge is 2.34. The van der Waals surface area contributed by atoms with E-state index in [-0.39, 0.29) is 5.91 Å². The fourth-order valence-corrected chi connectivity index (χ4v) is 4.45. The molecule has 0 saturated heterocycles. The molecule has 0 bridgehead atoms. The molecule has 0 saturated carbocycles. The smallest absolute Gasteiger partial charge is 0.247 e. The fraction of sp³-hybridized carbons (Fsp3) is 0.360. The van der Waals surface area contributed by atoms with Crippen LogP contribution in [-0.4, -0.2) is 33.4 Å². The number of ether oxygens (including phenoxy) is 2. The third-order valence-electron chi connectivity index (χ3n) is 5.22. The van der Waals surface area contributed by atoms with Crippen LogP contribution < -0.4 is 14.4 Å². The molecule has 8 heteroatoms. The molecule has 0 N–H and O–H groups in total. The maximum Gasteiger partial charge on any atom is 0.247 e. The average Bonchev–Trinajstić information content (AvgIpc) is 2.97. The molecule has 0 spiro atoms. The van der Waals surface area contributed by atoms with Gasteiger partial charge in [-0.15, -0.1) is 10.2 Å². The van der Waals surface area contributed by atoms with Gasteiger partial charge in [-0.25, -0.2) is 0 Å². The Bertz CT molecular complexity index is 1110. The minimum Gasteiger partial charge on any atom is -0.494 e. The Hall–Kier alpha value is -3.13. The summed E-state index contributed by atoms with van der Waals surface area (Å²) in [6.45, 7) is 6.40. The lowest BCUT2D eigenvalue weighted by Crippen LogP contribution is -2.36. The van der Waals surface area contributed by atoms with Gasteiger partial charge in [0.1, 0.15) is 5.75 Å². The van der Waals surface area contributed by atoms with Gasteiger partial charge >= 0.3 is 0 Å². The number of nitrogens with zero attached hydrogens (tertiary/aromatic N) is 4. The molecule has 0 unspecified atom stereocenters. The molecule has 33 heavy (non-hydrogen) atoms.